The molecule has 10 nitrogen and oxygen atoms in total. The smallest absolute Gasteiger partial charge is 0.330 e. The highest BCUT2D eigenvalue weighted by molar-refractivity contribution is 5.96. The Kier molecular flexibility index (Phi) is 9.70. The van der Waals surface area contributed by atoms with Gasteiger partial charge in [-0.05, 0) is 25.2 Å². The predicted octanol–water partition coefficient (Wildman–Crippen LogP) is 1.14. The fourth-order valence-corrected chi connectivity index (χ4v) is 3.94. The maximum atomic E-state index is 13.3. The number of H-pyrrole nitrogens is 1. The minimum absolute atomic E-state index is 0.0250. The molecule has 1 aromatic rings. The number of hydrogen-bond donors (Lipinski definition) is 3. The highest BCUT2D eigenvalue weighted by Crippen LogP contribution is 2.20. The number of nitrogen functional groups attached to an aromatic ring is 1. The Morgan fingerprint density at radius 3 is 2.36 bits per heavy atom. The molecule has 0 radical (unpaired) electrons. The van der Waals surface area contributed by atoms with Crippen LogP contribution in [-0.4, -0.2) is 58.5 Å². The van der Waals surface area contributed by atoms with Gasteiger partial charge in [0.1, 0.15) is 5.82 Å². The standard InChI is InChI=1S/C23H40N6O4/c1-6-7-10-28(19-20(24)29(13-15(2)3)23(33)26-22(19)32)18(30)14-27-11-8-17(9-12-27)25-21(31)16(4)5/h15-17H,6-14,24H2,1-5H3,(H,25,31)(H,26,32,33). The molecule has 0 aliphatic carbocycles. The van der Waals surface area contributed by atoms with E-state index in [-0.39, 0.29) is 47.7 Å². The van der Waals surface area contributed by atoms with Crippen molar-refractivity contribution in [2.24, 2.45) is 11.8 Å². The van der Waals surface area contributed by atoms with Crippen LogP contribution in [0.3, 0.4) is 0 Å². The van der Waals surface area contributed by atoms with E-state index in [9.17, 15) is 19.2 Å². The first-order valence-electron chi connectivity index (χ1n) is 12.0. The molecule has 1 saturated heterocycles. The number of hydrogen-bond acceptors (Lipinski definition) is 6. The molecular formula is C23H40N6O4. The quantitative estimate of drug-likeness (QED) is 0.476. The molecule has 1 fully saturated rings. The number of piperidine rings is 1. The van der Waals surface area contributed by atoms with Crippen LogP contribution in [0.15, 0.2) is 9.59 Å². The summed E-state index contributed by atoms with van der Waals surface area (Å²) in [6.07, 6.45) is 3.08. The molecule has 4 N–H and O–H groups in total. The number of aromatic nitrogens is 2. The van der Waals surface area contributed by atoms with Gasteiger partial charge in [0.25, 0.3) is 5.56 Å². The first-order valence-corrected chi connectivity index (χ1v) is 12.0. The second-order valence-corrected chi connectivity index (χ2v) is 9.61. The molecule has 0 atom stereocenters. The lowest BCUT2D eigenvalue weighted by atomic mass is 10.0. The van der Waals surface area contributed by atoms with Crippen LogP contribution >= 0.6 is 0 Å². The molecule has 2 amide bonds. The summed E-state index contributed by atoms with van der Waals surface area (Å²) in [5, 5.41) is 3.06. The van der Waals surface area contributed by atoms with Gasteiger partial charge in [0.05, 0.1) is 6.54 Å². The van der Waals surface area contributed by atoms with E-state index in [1.54, 1.807) is 0 Å². The molecule has 1 aromatic heterocycles. The number of unbranched alkanes of at least 4 members (excludes halogenated alkanes) is 1. The third-order valence-electron chi connectivity index (χ3n) is 5.89. The van der Waals surface area contributed by atoms with Crippen molar-refractivity contribution in [3.63, 3.8) is 0 Å². The van der Waals surface area contributed by atoms with Crippen LogP contribution in [0.1, 0.15) is 60.3 Å². The third kappa shape index (κ3) is 7.18. The molecule has 0 saturated carbocycles. The number of carbonyl (C=O) groups excluding carboxylic acids is 2. The lowest BCUT2D eigenvalue weighted by molar-refractivity contribution is -0.125. The normalized spacial score (nSPS) is 15.2. The summed E-state index contributed by atoms with van der Waals surface area (Å²) in [7, 11) is 0. The van der Waals surface area contributed by atoms with Crippen molar-refractivity contribution in [1.82, 2.24) is 19.8 Å². The molecule has 186 valence electrons. The molecule has 2 heterocycles. The van der Waals surface area contributed by atoms with E-state index < -0.39 is 11.2 Å². The fourth-order valence-electron chi connectivity index (χ4n) is 3.94. The van der Waals surface area contributed by atoms with Crippen molar-refractivity contribution < 1.29 is 9.59 Å². The Bertz CT molecular complexity index is 928. The zero-order valence-corrected chi connectivity index (χ0v) is 20.6. The Labute approximate surface area is 195 Å². The molecule has 1 aliphatic rings. The molecule has 0 spiro atoms. The highest BCUT2D eigenvalue weighted by atomic mass is 16.2. The summed E-state index contributed by atoms with van der Waals surface area (Å²) >= 11 is 0. The summed E-state index contributed by atoms with van der Waals surface area (Å²) in [4.78, 5) is 56.1. The summed E-state index contributed by atoms with van der Waals surface area (Å²) < 4.78 is 1.33. The summed E-state index contributed by atoms with van der Waals surface area (Å²) in [6, 6.07) is 0.112. The van der Waals surface area contributed by atoms with E-state index in [1.165, 1.54) is 9.47 Å². The maximum absolute atomic E-state index is 13.3. The number of nitrogens with one attached hydrogen (secondary N) is 2. The van der Waals surface area contributed by atoms with Crippen LogP contribution in [0, 0.1) is 11.8 Å². The largest absolute Gasteiger partial charge is 0.383 e. The van der Waals surface area contributed by atoms with Crippen LogP contribution in [-0.2, 0) is 16.1 Å². The zero-order valence-electron chi connectivity index (χ0n) is 20.6. The second kappa shape index (κ2) is 12.0. The lowest BCUT2D eigenvalue weighted by Crippen LogP contribution is -2.50. The van der Waals surface area contributed by atoms with Gasteiger partial charge in [-0.2, -0.15) is 0 Å². The average molecular weight is 465 g/mol. The van der Waals surface area contributed by atoms with Gasteiger partial charge in [0.15, 0.2) is 5.69 Å². The van der Waals surface area contributed by atoms with Crippen LogP contribution in [0.25, 0.3) is 0 Å². The van der Waals surface area contributed by atoms with Crippen molar-refractivity contribution in [2.75, 3.05) is 36.8 Å². The Morgan fingerprint density at radius 1 is 1.18 bits per heavy atom. The molecule has 33 heavy (non-hydrogen) atoms. The van der Waals surface area contributed by atoms with E-state index in [1.807, 2.05) is 39.5 Å². The van der Waals surface area contributed by atoms with Crippen LogP contribution in [0.5, 0.6) is 0 Å². The average Bonchev–Trinajstić information content (AvgIpc) is 2.74. The lowest BCUT2D eigenvalue weighted by Gasteiger charge is -2.34. The summed E-state index contributed by atoms with van der Waals surface area (Å²) in [6.45, 7) is 11.8. The van der Waals surface area contributed by atoms with Crippen LogP contribution in [0.2, 0.25) is 0 Å². The van der Waals surface area contributed by atoms with Gasteiger partial charge >= 0.3 is 5.69 Å². The highest BCUT2D eigenvalue weighted by Gasteiger charge is 2.28. The third-order valence-corrected chi connectivity index (χ3v) is 5.89. The molecule has 0 aromatic carbocycles. The van der Waals surface area contributed by atoms with Gasteiger partial charge in [-0.15, -0.1) is 0 Å². The Balaban J connectivity index is 2.18. The van der Waals surface area contributed by atoms with E-state index in [2.05, 4.69) is 10.3 Å². The van der Waals surface area contributed by atoms with Gasteiger partial charge < -0.3 is 16.0 Å². The zero-order chi connectivity index (χ0) is 24.7. The first kappa shape index (κ1) is 26.6. The van der Waals surface area contributed by atoms with Crippen molar-refractivity contribution >= 4 is 23.3 Å². The van der Waals surface area contributed by atoms with E-state index in [4.69, 9.17) is 5.73 Å². The van der Waals surface area contributed by atoms with Gasteiger partial charge in [-0.3, -0.25) is 28.8 Å². The topological polar surface area (TPSA) is 134 Å². The summed E-state index contributed by atoms with van der Waals surface area (Å²) in [5.74, 6) is -0.0705. The van der Waals surface area contributed by atoms with Crippen LogP contribution < -0.4 is 27.2 Å². The van der Waals surface area contributed by atoms with E-state index >= 15 is 0 Å². The minimum atomic E-state index is -0.642. The number of nitrogens with two attached hydrogens (primary N) is 1. The minimum Gasteiger partial charge on any atom is -0.383 e. The maximum Gasteiger partial charge on any atom is 0.330 e. The van der Waals surface area contributed by atoms with Gasteiger partial charge in [0.2, 0.25) is 11.8 Å². The first-order chi connectivity index (χ1) is 15.5. The number of carbonyl (C=O) groups is 2. The number of aromatic amines is 1. The number of anilines is 2. The van der Waals surface area contributed by atoms with Crippen molar-refractivity contribution in [3.05, 3.63) is 20.8 Å². The fraction of sp³-hybridized carbons (Fsp3) is 0.739. The van der Waals surface area contributed by atoms with Crippen molar-refractivity contribution in [2.45, 2.75) is 72.9 Å². The number of rotatable bonds is 10. The van der Waals surface area contributed by atoms with Gasteiger partial charge in [-0.1, -0.05) is 41.0 Å². The van der Waals surface area contributed by atoms with Crippen molar-refractivity contribution in [1.29, 1.82) is 0 Å². The SMILES string of the molecule is CCCCN(C(=O)CN1CCC(NC(=O)C(C)C)CC1)c1c(N)n(CC(C)C)c(=O)[nH]c1=O. The number of likely N-dealkylation sites (tertiary alicyclic amines) is 1. The Morgan fingerprint density at radius 2 is 1.82 bits per heavy atom. The van der Waals surface area contributed by atoms with Gasteiger partial charge in [0, 0.05) is 38.1 Å². The second-order valence-electron chi connectivity index (χ2n) is 9.61. The molecule has 10 heteroatoms. The summed E-state index contributed by atoms with van der Waals surface area (Å²) in [5.41, 5.74) is 5.10. The Hall–Kier alpha value is -2.62. The van der Waals surface area contributed by atoms with Gasteiger partial charge in [-0.25, -0.2) is 4.79 Å². The molecule has 0 unspecified atom stereocenters. The predicted molar refractivity (Wildman–Crippen MR) is 130 cm³/mol. The molecule has 0 bridgehead atoms. The van der Waals surface area contributed by atoms with E-state index in [0.717, 1.165) is 19.3 Å². The van der Waals surface area contributed by atoms with E-state index in [0.29, 0.717) is 32.6 Å². The molecular weight excluding hydrogens is 424 g/mol. The number of nitrogens with zero attached hydrogens (tertiary/aromatic N) is 3. The molecule has 1 aliphatic heterocycles. The van der Waals surface area contributed by atoms with Crippen molar-refractivity contribution in [3.8, 4) is 0 Å². The number of amides is 2. The molecule has 2 rings (SSSR count). The monoisotopic (exact) mass is 464 g/mol. The van der Waals surface area contributed by atoms with Crippen LogP contribution in [0.4, 0.5) is 11.5 Å².